The van der Waals surface area contributed by atoms with Crippen LogP contribution in [0.25, 0.3) is 0 Å². The smallest absolute Gasteiger partial charge is 0.326 e. The van der Waals surface area contributed by atoms with Crippen LogP contribution in [-0.4, -0.2) is 34.7 Å². The van der Waals surface area contributed by atoms with Gasteiger partial charge in [-0.1, -0.05) is 19.1 Å². The van der Waals surface area contributed by atoms with Crippen LogP contribution >= 0.6 is 11.8 Å². The van der Waals surface area contributed by atoms with Crippen LogP contribution in [0.4, 0.5) is 0 Å². The maximum Gasteiger partial charge on any atom is 0.326 e. The molecule has 0 saturated carbocycles. The summed E-state index contributed by atoms with van der Waals surface area (Å²) < 4.78 is 0. The van der Waals surface area contributed by atoms with Crippen LogP contribution in [0.15, 0.2) is 29.2 Å². The molecular weight excluding hydrogens is 280 g/mol. The first-order chi connectivity index (χ1) is 9.45. The maximum absolute atomic E-state index is 12.1. The predicted octanol–water partition coefficient (Wildman–Crippen LogP) is 0.857. The number of carbonyl (C=O) groups is 3. The van der Waals surface area contributed by atoms with E-state index >= 15 is 0 Å². The summed E-state index contributed by atoms with van der Waals surface area (Å²) in [6.45, 7) is 1.67. The van der Waals surface area contributed by atoms with Crippen molar-refractivity contribution in [1.82, 2.24) is 5.32 Å². The molecule has 1 atom stereocenters. The molecule has 0 aliphatic heterocycles. The molecule has 20 heavy (non-hydrogen) atoms. The van der Waals surface area contributed by atoms with Crippen molar-refractivity contribution in [2.24, 2.45) is 5.73 Å². The van der Waals surface area contributed by atoms with E-state index in [2.05, 4.69) is 5.32 Å². The summed E-state index contributed by atoms with van der Waals surface area (Å²) in [7, 11) is 0. The van der Waals surface area contributed by atoms with E-state index in [4.69, 9.17) is 10.8 Å². The van der Waals surface area contributed by atoms with Crippen LogP contribution in [-0.2, 0) is 9.59 Å². The fraction of sp³-hybridized carbons (Fsp3) is 0.308. The Bertz CT molecular complexity index is 519. The lowest BCUT2D eigenvalue weighted by molar-refractivity contribution is -0.139. The number of nitrogens with two attached hydrogens (primary N) is 1. The van der Waals surface area contributed by atoms with Crippen molar-refractivity contribution in [3.8, 4) is 0 Å². The van der Waals surface area contributed by atoms with E-state index in [1.54, 1.807) is 31.2 Å². The lowest BCUT2D eigenvalue weighted by atomic mass is 10.1. The number of thioether (sulfide) groups is 1. The lowest BCUT2D eigenvalue weighted by Gasteiger charge is -2.14. The van der Waals surface area contributed by atoms with Gasteiger partial charge in [0.15, 0.2) is 0 Å². The molecule has 1 aromatic carbocycles. The predicted molar refractivity (Wildman–Crippen MR) is 75.5 cm³/mol. The van der Waals surface area contributed by atoms with Gasteiger partial charge >= 0.3 is 5.97 Å². The van der Waals surface area contributed by atoms with E-state index in [0.29, 0.717) is 10.5 Å². The van der Waals surface area contributed by atoms with Crippen LogP contribution in [0.1, 0.15) is 23.7 Å². The monoisotopic (exact) mass is 296 g/mol. The minimum atomic E-state index is -1.08. The maximum atomic E-state index is 12.1. The number of nitrogens with one attached hydrogen (secondary N) is 1. The standard InChI is InChI=1S/C13H16N2O4S/c1-2-9(13(18)19)15-12(17)8-5-3-4-6-10(8)20-7-11(14)16/h3-6,9H,2,7H2,1H3,(H2,14,16)(H,15,17)(H,18,19). The zero-order chi connectivity index (χ0) is 15.1. The minimum absolute atomic E-state index is 0.0560. The zero-order valence-corrected chi connectivity index (χ0v) is 11.8. The molecular formula is C13H16N2O4S. The van der Waals surface area contributed by atoms with Crippen LogP contribution in [0.3, 0.4) is 0 Å². The zero-order valence-electron chi connectivity index (χ0n) is 11.0. The second kappa shape index (κ2) is 7.54. The number of amides is 2. The van der Waals surface area contributed by atoms with Crippen LogP contribution < -0.4 is 11.1 Å². The molecule has 0 fully saturated rings. The van der Waals surface area contributed by atoms with Gasteiger partial charge in [0.25, 0.3) is 5.91 Å². The number of primary amides is 1. The topological polar surface area (TPSA) is 109 Å². The van der Waals surface area contributed by atoms with Gasteiger partial charge in [0.2, 0.25) is 5.91 Å². The van der Waals surface area contributed by atoms with Gasteiger partial charge in [-0.05, 0) is 18.6 Å². The Morgan fingerprint density at radius 2 is 2.00 bits per heavy atom. The third kappa shape index (κ3) is 4.58. The second-order valence-corrected chi connectivity index (χ2v) is 5.04. The van der Waals surface area contributed by atoms with Crippen LogP contribution in [0.5, 0.6) is 0 Å². The molecule has 108 valence electrons. The van der Waals surface area contributed by atoms with E-state index in [1.807, 2.05) is 0 Å². The summed E-state index contributed by atoms with van der Waals surface area (Å²) in [6, 6.07) is 5.73. The summed E-state index contributed by atoms with van der Waals surface area (Å²) in [4.78, 5) is 34.4. The number of carboxylic acid groups (broad SMARTS) is 1. The first kappa shape index (κ1) is 16.0. The Labute approximate surface area is 120 Å². The first-order valence-corrected chi connectivity index (χ1v) is 6.98. The summed E-state index contributed by atoms with van der Waals surface area (Å²) >= 11 is 1.14. The van der Waals surface area contributed by atoms with Crippen molar-refractivity contribution in [1.29, 1.82) is 0 Å². The first-order valence-electron chi connectivity index (χ1n) is 5.99. The molecule has 0 spiro atoms. The molecule has 0 aliphatic rings. The van der Waals surface area contributed by atoms with E-state index in [-0.39, 0.29) is 12.2 Å². The number of hydrogen-bond acceptors (Lipinski definition) is 4. The van der Waals surface area contributed by atoms with Crippen molar-refractivity contribution >= 4 is 29.5 Å². The van der Waals surface area contributed by atoms with Gasteiger partial charge in [-0.3, -0.25) is 9.59 Å². The quantitative estimate of drug-likeness (QED) is 0.646. The van der Waals surface area contributed by atoms with Gasteiger partial charge in [0, 0.05) is 4.90 Å². The minimum Gasteiger partial charge on any atom is -0.480 e. The van der Waals surface area contributed by atoms with Crippen molar-refractivity contribution in [2.75, 3.05) is 5.75 Å². The van der Waals surface area contributed by atoms with Gasteiger partial charge in [-0.2, -0.15) is 0 Å². The van der Waals surface area contributed by atoms with Gasteiger partial charge in [0.05, 0.1) is 11.3 Å². The molecule has 0 heterocycles. The van der Waals surface area contributed by atoms with Crippen LogP contribution in [0, 0.1) is 0 Å². The number of rotatable bonds is 7. The molecule has 2 amide bonds. The van der Waals surface area contributed by atoms with Crippen molar-refractivity contribution < 1.29 is 19.5 Å². The number of carbonyl (C=O) groups excluding carboxylic acids is 2. The fourth-order valence-corrected chi connectivity index (χ4v) is 2.29. The number of hydrogen-bond donors (Lipinski definition) is 3. The summed E-state index contributed by atoms with van der Waals surface area (Å²) in [5, 5.41) is 11.4. The molecule has 7 heteroatoms. The van der Waals surface area contributed by atoms with Gasteiger partial charge < -0.3 is 16.2 Å². The average Bonchev–Trinajstić information content (AvgIpc) is 2.42. The highest BCUT2D eigenvalue weighted by atomic mass is 32.2. The van der Waals surface area contributed by atoms with E-state index < -0.39 is 23.8 Å². The van der Waals surface area contributed by atoms with E-state index in [1.165, 1.54) is 0 Å². The molecule has 6 nitrogen and oxygen atoms in total. The third-order valence-corrected chi connectivity index (χ3v) is 3.61. The Hall–Kier alpha value is -2.02. The van der Waals surface area contributed by atoms with Gasteiger partial charge in [-0.15, -0.1) is 11.8 Å². The number of benzene rings is 1. The van der Waals surface area contributed by atoms with Gasteiger partial charge in [-0.25, -0.2) is 4.79 Å². The largest absolute Gasteiger partial charge is 0.480 e. The average molecular weight is 296 g/mol. The Morgan fingerprint density at radius 1 is 1.35 bits per heavy atom. The van der Waals surface area contributed by atoms with Gasteiger partial charge in [0.1, 0.15) is 6.04 Å². The molecule has 0 bridgehead atoms. The fourth-order valence-electron chi connectivity index (χ4n) is 1.50. The highest BCUT2D eigenvalue weighted by molar-refractivity contribution is 8.00. The van der Waals surface area contributed by atoms with E-state index in [9.17, 15) is 14.4 Å². The molecule has 4 N–H and O–H groups in total. The molecule has 1 unspecified atom stereocenters. The lowest BCUT2D eigenvalue weighted by Crippen LogP contribution is -2.40. The molecule has 0 radical (unpaired) electrons. The highest BCUT2D eigenvalue weighted by Crippen LogP contribution is 2.22. The Balaban J connectivity index is 2.86. The van der Waals surface area contributed by atoms with E-state index in [0.717, 1.165) is 11.8 Å². The Kier molecular flexibility index (Phi) is 6.05. The number of aliphatic carboxylic acids is 1. The van der Waals surface area contributed by atoms with Crippen molar-refractivity contribution in [2.45, 2.75) is 24.3 Å². The third-order valence-electron chi connectivity index (χ3n) is 2.51. The molecule has 1 aromatic rings. The molecule has 1 rings (SSSR count). The molecule has 0 saturated heterocycles. The number of carboxylic acids is 1. The summed E-state index contributed by atoms with van der Waals surface area (Å²) in [6.07, 6.45) is 0.289. The normalized spacial score (nSPS) is 11.7. The molecule has 0 aromatic heterocycles. The molecule has 0 aliphatic carbocycles. The summed E-state index contributed by atoms with van der Waals surface area (Å²) in [5.41, 5.74) is 5.40. The second-order valence-electron chi connectivity index (χ2n) is 4.02. The van der Waals surface area contributed by atoms with Crippen LogP contribution in [0.2, 0.25) is 0 Å². The summed E-state index contributed by atoms with van der Waals surface area (Å²) in [5.74, 6) is -1.99. The SMILES string of the molecule is CCC(NC(=O)c1ccccc1SCC(N)=O)C(=O)O. The van der Waals surface area contributed by atoms with Crippen molar-refractivity contribution in [3.63, 3.8) is 0 Å². The Morgan fingerprint density at radius 3 is 2.55 bits per heavy atom. The van der Waals surface area contributed by atoms with Crippen molar-refractivity contribution in [3.05, 3.63) is 29.8 Å². The highest BCUT2D eigenvalue weighted by Gasteiger charge is 2.20.